The molecule has 7 nitrogen and oxygen atoms in total. The molecule has 2 aromatic heterocycles. The molecule has 1 unspecified atom stereocenters. The lowest BCUT2D eigenvalue weighted by Gasteiger charge is -2.32. The topological polar surface area (TPSA) is 76.8 Å². The van der Waals surface area contributed by atoms with Gasteiger partial charge in [0.25, 0.3) is 5.91 Å². The predicted molar refractivity (Wildman–Crippen MR) is 64.1 cm³/mol. The van der Waals surface area contributed by atoms with Crippen LogP contribution in [0.3, 0.4) is 0 Å². The Kier molecular flexibility index (Phi) is 3.01. The summed E-state index contributed by atoms with van der Waals surface area (Å²) in [6.07, 6.45) is 6.74. The van der Waals surface area contributed by atoms with Crippen LogP contribution in [0.1, 0.15) is 28.6 Å². The van der Waals surface area contributed by atoms with Crippen LogP contribution in [0, 0.1) is 0 Å². The fourth-order valence-corrected chi connectivity index (χ4v) is 2.66. The number of likely N-dealkylation sites (tertiary alicyclic amines) is 1. The van der Waals surface area contributed by atoms with Gasteiger partial charge in [0.2, 0.25) is 0 Å². The second kappa shape index (κ2) is 4.81. The lowest BCUT2D eigenvalue weighted by molar-refractivity contribution is 0.0677. The van der Waals surface area contributed by atoms with E-state index in [1.165, 1.54) is 12.5 Å². The van der Waals surface area contributed by atoms with Gasteiger partial charge in [-0.05, 0) is 24.4 Å². The van der Waals surface area contributed by atoms with E-state index in [1.807, 2.05) is 9.58 Å². The lowest BCUT2D eigenvalue weighted by atomic mass is 10.1. The maximum absolute atomic E-state index is 12.2. The summed E-state index contributed by atoms with van der Waals surface area (Å²) in [6, 6.07) is 0.214. The van der Waals surface area contributed by atoms with Gasteiger partial charge in [0.05, 0.1) is 12.2 Å². The minimum absolute atomic E-state index is 0.00909. The smallest absolute Gasteiger partial charge is 0.267 e. The molecule has 3 heterocycles. The van der Waals surface area contributed by atoms with E-state index in [2.05, 4.69) is 19.7 Å². The van der Waals surface area contributed by atoms with E-state index < -0.39 is 0 Å². The van der Waals surface area contributed by atoms with Gasteiger partial charge in [-0.1, -0.05) is 4.49 Å². The minimum Gasteiger partial charge on any atom is -0.336 e. The zero-order valence-corrected chi connectivity index (χ0v) is 10.5. The number of hydrogen-bond acceptors (Lipinski definition) is 6. The molecule has 1 saturated heterocycles. The Morgan fingerprint density at radius 2 is 2.44 bits per heavy atom. The van der Waals surface area contributed by atoms with Gasteiger partial charge in [-0.3, -0.25) is 4.79 Å². The molecule has 1 amide bonds. The van der Waals surface area contributed by atoms with Crippen molar-refractivity contribution >= 4 is 17.4 Å². The first-order chi connectivity index (χ1) is 8.84. The Bertz CT molecular complexity index is 510. The molecule has 0 spiro atoms. The molecule has 94 valence electrons. The monoisotopic (exact) mass is 264 g/mol. The highest BCUT2D eigenvalue weighted by atomic mass is 32.1. The van der Waals surface area contributed by atoms with Crippen molar-refractivity contribution in [3.8, 4) is 0 Å². The maximum Gasteiger partial charge on any atom is 0.267 e. The highest BCUT2D eigenvalue weighted by molar-refractivity contribution is 7.07. The van der Waals surface area contributed by atoms with E-state index in [0.717, 1.165) is 30.9 Å². The van der Waals surface area contributed by atoms with Crippen LogP contribution in [0.5, 0.6) is 0 Å². The van der Waals surface area contributed by atoms with Crippen molar-refractivity contribution in [3.63, 3.8) is 0 Å². The molecule has 0 aromatic carbocycles. The molecule has 1 fully saturated rings. The Hall–Kier alpha value is -1.83. The van der Waals surface area contributed by atoms with E-state index in [9.17, 15) is 4.79 Å². The number of rotatable bonds is 2. The first-order valence-corrected chi connectivity index (χ1v) is 6.52. The second-order valence-electron chi connectivity index (χ2n) is 4.20. The molecule has 1 atom stereocenters. The summed E-state index contributed by atoms with van der Waals surface area (Å²) >= 11 is 1.14. The summed E-state index contributed by atoms with van der Waals surface area (Å²) in [5.74, 6) is 0.00909. The Morgan fingerprint density at radius 1 is 1.50 bits per heavy atom. The summed E-state index contributed by atoms with van der Waals surface area (Å²) < 4.78 is 5.55. The average Bonchev–Trinajstić information content (AvgIpc) is 3.11. The first kappa shape index (κ1) is 11.3. The van der Waals surface area contributed by atoms with E-state index in [0.29, 0.717) is 11.4 Å². The van der Waals surface area contributed by atoms with Crippen LogP contribution in [-0.2, 0) is 0 Å². The Labute approximate surface area is 108 Å². The molecular weight excluding hydrogens is 252 g/mol. The molecule has 0 bridgehead atoms. The van der Waals surface area contributed by atoms with Crippen LogP contribution in [0.2, 0.25) is 0 Å². The van der Waals surface area contributed by atoms with Gasteiger partial charge in [0.1, 0.15) is 17.5 Å². The fourth-order valence-electron chi connectivity index (χ4n) is 2.18. The normalized spacial score (nSPS) is 20.0. The Morgan fingerprint density at radius 3 is 3.17 bits per heavy atom. The van der Waals surface area contributed by atoms with Crippen LogP contribution in [-0.4, -0.2) is 48.2 Å². The van der Waals surface area contributed by atoms with Gasteiger partial charge in [0.15, 0.2) is 0 Å². The molecule has 18 heavy (non-hydrogen) atoms. The van der Waals surface area contributed by atoms with Crippen LogP contribution in [0.15, 0.2) is 18.9 Å². The van der Waals surface area contributed by atoms with Crippen LogP contribution in [0.4, 0.5) is 0 Å². The number of piperidine rings is 1. The van der Waals surface area contributed by atoms with Crippen molar-refractivity contribution in [3.05, 3.63) is 23.7 Å². The van der Waals surface area contributed by atoms with E-state index in [4.69, 9.17) is 0 Å². The first-order valence-electron chi connectivity index (χ1n) is 5.75. The van der Waals surface area contributed by atoms with Gasteiger partial charge >= 0.3 is 0 Å². The zero-order valence-electron chi connectivity index (χ0n) is 9.64. The quantitative estimate of drug-likeness (QED) is 0.794. The molecule has 0 saturated carbocycles. The van der Waals surface area contributed by atoms with Gasteiger partial charge < -0.3 is 4.90 Å². The highest BCUT2D eigenvalue weighted by Crippen LogP contribution is 2.22. The van der Waals surface area contributed by atoms with E-state index in [1.54, 1.807) is 6.33 Å². The van der Waals surface area contributed by atoms with Crippen molar-refractivity contribution in [1.82, 2.24) is 29.3 Å². The molecule has 3 rings (SSSR count). The Balaban J connectivity index is 1.73. The van der Waals surface area contributed by atoms with Crippen molar-refractivity contribution in [2.75, 3.05) is 13.1 Å². The van der Waals surface area contributed by atoms with E-state index >= 15 is 0 Å². The summed E-state index contributed by atoms with van der Waals surface area (Å²) in [6.45, 7) is 1.45. The standard InChI is InChI=1S/C10H12N6OS/c17-10(9-4-12-14-18-9)15-3-1-2-8(5-15)16-7-11-6-13-16/h4,6-8H,1-3,5H2. The molecule has 8 heteroatoms. The third kappa shape index (κ3) is 2.10. The summed E-state index contributed by atoms with van der Waals surface area (Å²) in [5.41, 5.74) is 0. The van der Waals surface area contributed by atoms with Gasteiger partial charge in [0, 0.05) is 13.1 Å². The average molecular weight is 264 g/mol. The number of aromatic nitrogens is 5. The third-order valence-electron chi connectivity index (χ3n) is 3.07. The number of amides is 1. The van der Waals surface area contributed by atoms with Crippen molar-refractivity contribution < 1.29 is 4.79 Å². The van der Waals surface area contributed by atoms with E-state index in [-0.39, 0.29) is 11.9 Å². The van der Waals surface area contributed by atoms with Crippen LogP contribution in [0.25, 0.3) is 0 Å². The molecule has 1 aliphatic rings. The van der Waals surface area contributed by atoms with Crippen molar-refractivity contribution in [2.24, 2.45) is 0 Å². The number of carbonyl (C=O) groups excluding carboxylic acids is 1. The summed E-state index contributed by atoms with van der Waals surface area (Å²) in [5, 5.41) is 7.84. The van der Waals surface area contributed by atoms with Gasteiger partial charge in [-0.25, -0.2) is 9.67 Å². The number of hydrogen-bond donors (Lipinski definition) is 0. The fraction of sp³-hybridized carbons (Fsp3) is 0.500. The molecular formula is C10H12N6OS. The van der Waals surface area contributed by atoms with Crippen LogP contribution >= 0.6 is 11.5 Å². The minimum atomic E-state index is 0.00909. The molecule has 0 radical (unpaired) electrons. The third-order valence-corrected chi connectivity index (χ3v) is 3.72. The zero-order chi connectivity index (χ0) is 12.4. The molecule has 0 aliphatic carbocycles. The van der Waals surface area contributed by atoms with Gasteiger partial charge in [-0.2, -0.15) is 5.10 Å². The summed E-state index contributed by atoms with van der Waals surface area (Å²) in [7, 11) is 0. The SMILES string of the molecule is O=C(c1cnns1)N1CCCC(n2cncn2)C1. The predicted octanol–water partition coefficient (Wildman–Crippen LogP) is 0.607. The summed E-state index contributed by atoms with van der Waals surface area (Å²) in [4.78, 5) is 18.6. The van der Waals surface area contributed by atoms with Crippen molar-refractivity contribution in [1.29, 1.82) is 0 Å². The van der Waals surface area contributed by atoms with Crippen LogP contribution < -0.4 is 0 Å². The highest BCUT2D eigenvalue weighted by Gasteiger charge is 2.26. The lowest BCUT2D eigenvalue weighted by Crippen LogP contribution is -2.40. The molecule has 1 aliphatic heterocycles. The molecule has 2 aromatic rings. The van der Waals surface area contributed by atoms with Gasteiger partial charge in [-0.15, -0.1) is 5.10 Å². The molecule has 0 N–H and O–H groups in total. The second-order valence-corrected chi connectivity index (χ2v) is 4.99. The number of carbonyl (C=O) groups is 1. The maximum atomic E-state index is 12.2. The number of nitrogens with zero attached hydrogens (tertiary/aromatic N) is 6. The van der Waals surface area contributed by atoms with Crippen molar-refractivity contribution in [2.45, 2.75) is 18.9 Å². The largest absolute Gasteiger partial charge is 0.336 e.